The minimum absolute atomic E-state index is 0.435. The molecule has 2 nitrogen and oxygen atoms in total. The average molecular weight is 289 g/mol. The zero-order valence-electron chi connectivity index (χ0n) is 11.6. The second kappa shape index (κ2) is 5.68. The monoisotopic (exact) mass is 288 g/mol. The molecule has 20 heavy (non-hydrogen) atoms. The third-order valence-electron chi connectivity index (χ3n) is 3.57. The molecular formula is C17H17ClO2. The van der Waals surface area contributed by atoms with Crippen molar-refractivity contribution in [1.82, 2.24) is 0 Å². The first-order valence-corrected chi connectivity index (χ1v) is 6.84. The van der Waals surface area contributed by atoms with E-state index in [9.17, 15) is 9.90 Å². The van der Waals surface area contributed by atoms with Crippen LogP contribution in [-0.4, -0.2) is 11.1 Å². The highest BCUT2D eigenvalue weighted by Crippen LogP contribution is 2.30. The summed E-state index contributed by atoms with van der Waals surface area (Å²) in [5.41, 5.74) is 1.87. The van der Waals surface area contributed by atoms with Gasteiger partial charge in [0.2, 0.25) is 0 Å². The number of aryl methyl sites for hydroxylation is 1. The van der Waals surface area contributed by atoms with Crippen LogP contribution in [0.5, 0.6) is 0 Å². The van der Waals surface area contributed by atoms with E-state index in [0.717, 1.165) is 16.7 Å². The number of hydrogen-bond donors (Lipinski definition) is 1. The summed E-state index contributed by atoms with van der Waals surface area (Å²) in [7, 11) is 0. The van der Waals surface area contributed by atoms with Crippen LogP contribution in [0, 0.1) is 6.92 Å². The first kappa shape index (κ1) is 14.6. The molecule has 2 aromatic rings. The maximum atomic E-state index is 11.8. The molecule has 0 saturated carbocycles. The molecule has 0 aliphatic rings. The van der Waals surface area contributed by atoms with Gasteiger partial charge in [0, 0.05) is 5.02 Å². The Bertz CT molecular complexity index is 636. The van der Waals surface area contributed by atoms with Crippen molar-refractivity contribution in [2.24, 2.45) is 0 Å². The Morgan fingerprint density at radius 1 is 1.20 bits per heavy atom. The van der Waals surface area contributed by atoms with E-state index < -0.39 is 11.4 Å². The van der Waals surface area contributed by atoms with Crippen LogP contribution in [0.1, 0.15) is 23.6 Å². The summed E-state index contributed by atoms with van der Waals surface area (Å²) < 4.78 is 0. The standard InChI is InChI=1S/C17H17ClO2/c1-12-5-3-6-13(9-12)11-17(2,16(19)20)14-7-4-8-15(18)10-14/h3-10H,11H2,1-2H3,(H,19,20). The summed E-state index contributed by atoms with van der Waals surface area (Å²) >= 11 is 5.99. The summed E-state index contributed by atoms with van der Waals surface area (Å²) in [5, 5.41) is 10.2. The predicted molar refractivity (Wildman–Crippen MR) is 81.3 cm³/mol. The van der Waals surface area contributed by atoms with Crippen molar-refractivity contribution in [3.8, 4) is 0 Å². The number of carbonyl (C=O) groups is 1. The predicted octanol–water partition coefficient (Wildman–Crippen LogP) is 4.23. The fraction of sp³-hybridized carbons (Fsp3) is 0.235. The van der Waals surface area contributed by atoms with Crippen LogP contribution in [0.4, 0.5) is 0 Å². The lowest BCUT2D eigenvalue weighted by molar-refractivity contribution is -0.143. The van der Waals surface area contributed by atoms with Gasteiger partial charge in [0.1, 0.15) is 0 Å². The van der Waals surface area contributed by atoms with Gasteiger partial charge < -0.3 is 5.11 Å². The fourth-order valence-electron chi connectivity index (χ4n) is 2.36. The van der Waals surface area contributed by atoms with E-state index >= 15 is 0 Å². The summed E-state index contributed by atoms with van der Waals surface area (Å²) in [6.07, 6.45) is 0.435. The topological polar surface area (TPSA) is 37.3 Å². The second-order valence-corrected chi connectivity index (χ2v) is 5.75. The van der Waals surface area contributed by atoms with Crippen LogP contribution in [0.15, 0.2) is 48.5 Å². The maximum Gasteiger partial charge on any atom is 0.314 e. The molecule has 2 rings (SSSR count). The molecular weight excluding hydrogens is 272 g/mol. The van der Waals surface area contributed by atoms with E-state index in [1.807, 2.05) is 37.3 Å². The van der Waals surface area contributed by atoms with Crippen LogP contribution >= 0.6 is 11.6 Å². The molecule has 0 spiro atoms. The molecule has 0 aliphatic carbocycles. The summed E-state index contributed by atoms with van der Waals surface area (Å²) in [5.74, 6) is -0.846. The van der Waals surface area contributed by atoms with Crippen molar-refractivity contribution in [2.75, 3.05) is 0 Å². The van der Waals surface area contributed by atoms with Gasteiger partial charge in [0.25, 0.3) is 0 Å². The number of aliphatic carboxylic acids is 1. The Balaban J connectivity index is 2.42. The molecule has 0 saturated heterocycles. The molecule has 0 amide bonds. The van der Waals surface area contributed by atoms with Gasteiger partial charge in [-0.05, 0) is 43.5 Å². The number of benzene rings is 2. The van der Waals surface area contributed by atoms with E-state index in [1.54, 1.807) is 25.1 Å². The van der Waals surface area contributed by atoms with Crippen LogP contribution < -0.4 is 0 Å². The Hall–Kier alpha value is -1.80. The van der Waals surface area contributed by atoms with Gasteiger partial charge in [-0.1, -0.05) is 53.6 Å². The zero-order chi connectivity index (χ0) is 14.8. The zero-order valence-corrected chi connectivity index (χ0v) is 12.3. The molecule has 0 radical (unpaired) electrons. The van der Waals surface area contributed by atoms with E-state index in [4.69, 9.17) is 11.6 Å². The van der Waals surface area contributed by atoms with E-state index in [-0.39, 0.29) is 0 Å². The van der Waals surface area contributed by atoms with Gasteiger partial charge in [-0.2, -0.15) is 0 Å². The molecule has 1 unspecified atom stereocenters. The van der Waals surface area contributed by atoms with Crippen molar-refractivity contribution in [3.63, 3.8) is 0 Å². The minimum Gasteiger partial charge on any atom is -0.481 e. The third-order valence-corrected chi connectivity index (χ3v) is 3.81. The molecule has 0 bridgehead atoms. The quantitative estimate of drug-likeness (QED) is 0.914. The lowest BCUT2D eigenvalue weighted by Gasteiger charge is -2.26. The smallest absolute Gasteiger partial charge is 0.314 e. The molecule has 2 aromatic carbocycles. The first-order chi connectivity index (χ1) is 9.41. The molecule has 1 atom stereocenters. The Morgan fingerprint density at radius 3 is 2.50 bits per heavy atom. The van der Waals surface area contributed by atoms with Crippen molar-refractivity contribution in [1.29, 1.82) is 0 Å². The highest BCUT2D eigenvalue weighted by molar-refractivity contribution is 6.30. The highest BCUT2D eigenvalue weighted by atomic mass is 35.5. The van der Waals surface area contributed by atoms with Crippen LogP contribution in [0.25, 0.3) is 0 Å². The Labute approximate surface area is 124 Å². The van der Waals surface area contributed by atoms with Gasteiger partial charge in [-0.25, -0.2) is 0 Å². The average Bonchev–Trinajstić information content (AvgIpc) is 2.38. The van der Waals surface area contributed by atoms with Crippen LogP contribution in [-0.2, 0) is 16.6 Å². The molecule has 104 valence electrons. The van der Waals surface area contributed by atoms with Crippen LogP contribution in [0.2, 0.25) is 5.02 Å². The number of halogens is 1. The number of carboxylic acids is 1. The Kier molecular flexibility index (Phi) is 4.15. The lowest BCUT2D eigenvalue weighted by Crippen LogP contribution is -2.34. The molecule has 0 aliphatic heterocycles. The number of carboxylic acid groups (broad SMARTS) is 1. The van der Waals surface area contributed by atoms with Gasteiger partial charge in [-0.3, -0.25) is 4.79 Å². The van der Waals surface area contributed by atoms with Gasteiger partial charge in [-0.15, -0.1) is 0 Å². The highest BCUT2D eigenvalue weighted by Gasteiger charge is 2.35. The van der Waals surface area contributed by atoms with E-state index in [0.29, 0.717) is 11.4 Å². The van der Waals surface area contributed by atoms with Crippen LogP contribution in [0.3, 0.4) is 0 Å². The number of hydrogen-bond acceptors (Lipinski definition) is 1. The molecule has 3 heteroatoms. The van der Waals surface area contributed by atoms with Gasteiger partial charge in [0.15, 0.2) is 0 Å². The lowest BCUT2D eigenvalue weighted by atomic mass is 9.77. The van der Waals surface area contributed by atoms with Crippen molar-refractivity contribution in [2.45, 2.75) is 25.7 Å². The second-order valence-electron chi connectivity index (χ2n) is 5.31. The molecule has 0 fully saturated rings. The van der Waals surface area contributed by atoms with Gasteiger partial charge in [0.05, 0.1) is 5.41 Å². The van der Waals surface area contributed by atoms with Gasteiger partial charge >= 0.3 is 5.97 Å². The first-order valence-electron chi connectivity index (χ1n) is 6.47. The Morgan fingerprint density at radius 2 is 1.90 bits per heavy atom. The largest absolute Gasteiger partial charge is 0.481 e. The molecule has 0 aromatic heterocycles. The summed E-state index contributed by atoms with van der Waals surface area (Å²) in [6.45, 7) is 3.74. The SMILES string of the molecule is Cc1cccc(CC(C)(C(=O)O)c2cccc(Cl)c2)c1. The minimum atomic E-state index is -0.987. The van der Waals surface area contributed by atoms with E-state index in [1.165, 1.54) is 0 Å². The number of rotatable bonds is 4. The maximum absolute atomic E-state index is 11.8. The van der Waals surface area contributed by atoms with Crippen molar-refractivity contribution < 1.29 is 9.90 Å². The molecule has 0 heterocycles. The van der Waals surface area contributed by atoms with Crippen molar-refractivity contribution >= 4 is 17.6 Å². The third kappa shape index (κ3) is 3.02. The summed E-state index contributed by atoms with van der Waals surface area (Å²) in [4.78, 5) is 11.8. The van der Waals surface area contributed by atoms with E-state index in [2.05, 4.69) is 0 Å². The normalized spacial score (nSPS) is 13.8. The summed E-state index contributed by atoms with van der Waals surface area (Å²) in [6, 6.07) is 15.0. The fourth-order valence-corrected chi connectivity index (χ4v) is 2.55. The van der Waals surface area contributed by atoms with Crippen molar-refractivity contribution in [3.05, 3.63) is 70.2 Å². The molecule has 1 N–H and O–H groups in total.